The molecule has 92 valence electrons. The lowest BCUT2D eigenvalue weighted by Gasteiger charge is -2.12. The van der Waals surface area contributed by atoms with Gasteiger partial charge in [-0.25, -0.2) is 0 Å². The summed E-state index contributed by atoms with van der Waals surface area (Å²) in [4.78, 5) is 0.409. The van der Waals surface area contributed by atoms with Crippen molar-refractivity contribution in [3.8, 4) is 0 Å². The van der Waals surface area contributed by atoms with E-state index in [2.05, 4.69) is 40.0 Å². The van der Waals surface area contributed by atoms with Gasteiger partial charge in [0.2, 0.25) is 0 Å². The molecule has 0 atom stereocenters. The summed E-state index contributed by atoms with van der Waals surface area (Å²) in [7, 11) is 0. The van der Waals surface area contributed by atoms with Crippen LogP contribution in [0.25, 0.3) is 0 Å². The monoisotopic (exact) mass is 368 g/mol. The number of hydrogen-bond donors (Lipinski definition) is 2. The zero-order valence-electron chi connectivity index (χ0n) is 9.91. The van der Waals surface area contributed by atoms with Gasteiger partial charge in [0, 0.05) is 20.5 Å². The summed E-state index contributed by atoms with van der Waals surface area (Å²) in [6, 6.07) is 14.2. The molecule has 4 heteroatoms. The highest BCUT2D eigenvalue weighted by Gasteiger charge is 2.05. The minimum Gasteiger partial charge on any atom is -0.389 e. The van der Waals surface area contributed by atoms with Crippen molar-refractivity contribution in [1.82, 2.24) is 0 Å². The molecule has 0 aliphatic rings. The average Bonchev–Trinajstić information content (AvgIpc) is 2.34. The molecule has 0 saturated carbocycles. The Hall–Kier alpha value is -1.14. The lowest BCUT2D eigenvalue weighted by molar-refractivity contribution is 1.43. The highest BCUT2D eigenvalue weighted by atomic mass is 127. The second-order valence-corrected chi connectivity index (χ2v) is 5.73. The summed E-state index contributed by atoms with van der Waals surface area (Å²) in [6.45, 7) is 2.02. The highest BCUT2D eigenvalue weighted by Crippen LogP contribution is 2.22. The quantitative estimate of drug-likeness (QED) is 0.636. The molecule has 2 aromatic carbocycles. The van der Waals surface area contributed by atoms with Crippen molar-refractivity contribution in [3.05, 3.63) is 57.2 Å². The third kappa shape index (κ3) is 3.20. The Morgan fingerprint density at radius 2 is 1.83 bits per heavy atom. The van der Waals surface area contributed by atoms with Crippen LogP contribution >= 0.6 is 34.8 Å². The van der Waals surface area contributed by atoms with E-state index in [1.54, 1.807) is 0 Å². The summed E-state index contributed by atoms with van der Waals surface area (Å²) in [6.07, 6.45) is 0. The van der Waals surface area contributed by atoms with Crippen LogP contribution in [0, 0.1) is 10.5 Å². The van der Waals surface area contributed by atoms with Crippen LogP contribution in [-0.2, 0) is 0 Å². The summed E-state index contributed by atoms with van der Waals surface area (Å²) < 4.78 is 1.21. The third-order valence-electron chi connectivity index (χ3n) is 2.56. The predicted molar refractivity (Wildman–Crippen MR) is 89.5 cm³/mol. The van der Waals surface area contributed by atoms with Gasteiger partial charge in [-0.05, 0) is 65.9 Å². The van der Waals surface area contributed by atoms with Gasteiger partial charge in [-0.2, -0.15) is 0 Å². The fraction of sp³-hybridized carbons (Fsp3) is 0.0714. The van der Waals surface area contributed by atoms with Crippen LogP contribution in [0.4, 0.5) is 11.4 Å². The fourth-order valence-electron chi connectivity index (χ4n) is 1.66. The van der Waals surface area contributed by atoms with Crippen LogP contribution in [0.3, 0.4) is 0 Å². The fourth-order valence-corrected chi connectivity index (χ4v) is 2.19. The zero-order valence-corrected chi connectivity index (χ0v) is 12.9. The van der Waals surface area contributed by atoms with Crippen LogP contribution in [0.15, 0.2) is 42.5 Å². The molecular weight excluding hydrogens is 355 g/mol. The summed E-state index contributed by atoms with van der Waals surface area (Å²) in [5.41, 5.74) is 9.74. The SMILES string of the molecule is Cc1ccc(Nc2ccc(I)cc2)c(C(N)=S)c1. The Morgan fingerprint density at radius 3 is 2.44 bits per heavy atom. The van der Waals surface area contributed by atoms with E-state index in [0.29, 0.717) is 4.99 Å². The Labute approximate surface area is 126 Å². The Kier molecular flexibility index (Phi) is 4.19. The van der Waals surface area contributed by atoms with Gasteiger partial charge in [-0.3, -0.25) is 0 Å². The van der Waals surface area contributed by atoms with Crippen LogP contribution in [0.1, 0.15) is 11.1 Å². The molecule has 3 N–H and O–H groups in total. The normalized spacial score (nSPS) is 10.1. The number of nitrogens with one attached hydrogen (secondary N) is 1. The maximum atomic E-state index is 5.75. The van der Waals surface area contributed by atoms with E-state index in [1.807, 2.05) is 37.3 Å². The largest absolute Gasteiger partial charge is 0.389 e. The first-order valence-corrected chi connectivity index (χ1v) is 6.98. The summed E-state index contributed by atoms with van der Waals surface area (Å²) in [5, 5.41) is 3.34. The molecule has 0 aliphatic carbocycles. The van der Waals surface area contributed by atoms with Crippen LogP contribution in [0.2, 0.25) is 0 Å². The molecule has 0 unspecified atom stereocenters. The van der Waals surface area contributed by atoms with E-state index >= 15 is 0 Å². The van der Waals surface area contributed by atoms with Crippen molar-refractivity contribution in [2.75, 3.05) is 5.32 Å². The van der Waals surface area contributed by atoms with Gasteiger partial charge in [0.25, 0.3) is 0 Å². The van der Waals surface area contributed by atoms with Crippen molar-refractivity contribution >= 4 is 51.2 Å². The van der Waals surface area contributed by atoms with E-state index in [-0.39, 0.29) is 0 Å². The summed E-state index contributed by atoms with van der Waals surface area (Å²) >= 11 is 7.36. The Balaban J connectivity index is 2.34. The van der Waals surface area contributed by atoms with Gasteiger partial charge >= 0.3 is 0 Å². The van der Waals surface area contributed by atoms with Gasteiger partial charge in [0.05, 0.1) is 0 Å². The highest BCUT2D eigenvalue weighted by molar-refractivity contribution is 14.1. The molecule has 0 aromatic heterocycles. The number of hydrogen-bond acceptors (Lipinski definition) is 2. The van der Waals surface area contributed by atoms with Gasteiger partial charge in [-0.1, -0.05) is 23.8 Å². The smallest absolute Gasteiger partial charge is 0.106 e. The number of rotatable bonds is 3. The van der Waals surface area contributed by atoms with E-state index in [4.69, 9.17) is 18.0 Å². The topological polar surface area (TPSA) is 38.0 Å². The first-order valence-electron chi connectivity index (χ1n) is 5.49. The maximum Gasteiger partial charge on any atom is 0.106 e. The van der Waals surface area contributed by atoms with Crippen molar-refractivity contribution in [1.29, 1.82) is 0 Å². The van der Waals surface area contributed by atoms with Crippen molar-refractivity contribution < 1.29 is 0 Å². The van der Waals surface area contributed by atoms with E-state index in [1.165, 1.54) is 3.57 Å². The van der Waals surface area contributed by atoms with E-state index < -0.39 is 0 Å². The number of thiocarbonyl (C=S) groups is 1. The lowest BCUT2D eigenvalue weighted by atomic mass is 10.1. The van der Waals surface area contributed by atoms with Gasteiger partial charge in [-0.15, -0.1) is 0 Å². The molecule has 0 aliphatic heterocycles. The first kappa shape index (κ1) is 13.3. The number of aryl methyl sites for hydroxylation is 1. The molecule has 0 saturated heterocycles. The molecule has 2 rings (SSSR count). The second-order valence-electron chi connectivity index (χ2n) is 4.05. The van der Waals surface area contributed by atoms with Crippen molar-refractivity contribution in [2.45, 2.75) is 6.92 Å². The number of halogens is 1. The molecular formula is C14H13IN2S. The van der Waals surface area contributed by atoms with E-state index in [0.717, 1.165) is 22.5 Å². The number of benzene rings is 2. The minimum absolute atomic E-state index is 0.409. The van der Waals surface area contributed by atoms with Gasteiger partial charge in [0.15, 0.2) is 0 Å². The standard InChI is InChI=1S/C14H13IN2S/c1-9-2-7-13(12(8-9)14(16)18)17-11-5-3-10(15)4-6-11/h2-8,17H,1H3,(H2,16,18). The average molecular weight is 368 g/mol. The Morgan fingerprint density at radius 1 is 1.17 bits per heavy atom. The molecule has 2 nitrogen and oxygen atoms in total. The van der Waals surface area contributed by atoms with Crippen molar-refractivity contribution in [2.24, 2.45) is 5.73 Å². The third-order valence-corrected chi connectivity index (χ3v) is 3.50. The van der Waals surface area contributed by atoms with Crippen molar-refractivity contribution in [3.63, 3.8) is 0 Å². The van der Waals surface area contributed by atoms with Crippen LogP contribution < -0.4 is 11.1 Å². The zero-order chi connectivity index (χ0) is 13.1. The number of nitrogens with two attached hydrogens (primary N) is 1. The van der Waals surface area contributed by atoms with Crippen LogP contribution in [0.5, 0.6) is 0 Å². The first-order chi connectivity index (χ1) is 8.56. The molecule has 0 fully saturated rings. The predicted octanol–water partition coefficient (Wildman–Crippen LogP) is 3.98. The molecule has 0 radical (unpaired) electrons. The van der Waals surface area contributed by atoms with Crippen LogP contribution in [-0.4, -0.2) is 4.99 Å². The maximum absolute atomic E-state index is 5.75. The Bertz CT molecular complexity index is 579. The molecule has 0 heterocycles. The molecule has 2 aromatic rings. The van der Waals surface area contributed by atoms with Gasteiger partial charge in [0.1, 0.15) is 4.99 Å². The van der Waals surface area contributed by atoms with Gasteiger partial charge < -0.3 is 11.1 Å². The molecule has 0 amide bonds. The van der Waals surface area contributed by atoms with E-state index in [9.17, 15) is 0 Å². The number of anilines is 2. The molecule has 18 heavy (non-hydrogen) atoms. The lowest BCUT2D eigenvalue weighted by Crippen LogP contribution is -2.12. The molecule has 0 spiro atoms. The minimum atomic E-state index is 0.409. The summed E-state index contributed by atoms with van der Waals surface area (Å²) in [5.74, 6) is 0. The second kappa shape index (κ2) is 5.67. The molecule has 0 bridgehead atoms.